The van der Waals surface area contributed by atoms with E-state index in [9.17, 15) is 0 Å². The minimum atomic E-state index is 0.356. The molecule has 0 nitrogen and oxygen atoms in total. The Balaban J connectivity index is 0. The predicted molar refractivity (Wildman–Crippen MR) is 53.4 cm³/mol. The van der Waals surface area contributed by atoms with Crippen LogP contribution < -0.4 is 0 Å². The van der Waals surface area contributed by atoms with Gasteiger partial charge in [-0.2, -0.15) is 0 Å². The molecule has 0 bridgehead atoms. The Hall–Kier alpha value is 1.64. The SMILES string of the molecule is C[CH2][Sb][CH2]C.C[CH2][Sb][CH2]C. The average molecular weight is 360 g/mol. The third kappa shape index (κ3) is 22.6. The normalized spacial score (nSPS) is 8.40. The molecule has 0 aromatic carbocycles. The van der Waals surface area contributed by atoms with Gasteiger partial charge in [0.1, 0.15) is 0 Å². The maximum atomic E-state index is 2.28. The van der Waals surface area contributed by atoms with Gasteiger partial charge in [0.25, 0.3) is 0 Å². The first kappa shape index (κ1) is 14.2. The summed E-state index contributed by atoms with van der Waals surface area (Å²) in [5, 5.41) is 0. The zero-order valence-corrected chi connectivity index (χ0v) is 12.8. The molecule has 0 aromatic rings. The number of hydrogen-bond donors (Lipinski definition) is 0. The van der Waals surface area contributed by atoms with Gasteiger partial charge in [-0.25, -0.2) is 0 Å². The van der Waals surface area contributed by atoms with Crippen molar-refractivity contribution >= 4 is 43.2 Å². The van der Waals surface area contributed by atoms with Crippen molar-refractivity contribution in [2.24, 2.45) is 0 Å². The van der Waals surface area contributed by atoms with Crippen LogP contribution in [0.1, 0.15) is 27.7 Å². The molecule has 0 saturated heterocycles. The quantitative estimate of drug-likeness (QED) is 0.677. The molecule has 0 aliphatic heterocycles. The van der Waals surface area contributed by atoms with Crippen LogP contribution in [0.25, 0.3) is 0 Å². The van der Waals surface area contributed by atoms with Crippen molar-refractivity contribution < 1.29 is 0 Å². The summed E-state index contributed by atoms with van der Waals surface area (Å²) in [6.07, 6.45) is 0. The summed E-state index contributed by atoms with van der Waals surface area (Å²) in [5.41, 5.74) is 0. The summed E-state index contributed by atoms with van der Waals surface area (Å²) in [6, 6.07) is 0. The van der Waals surface area contributed by atoms with Crippen molar-refractivity contribution in [3.8, 4) is 0 Å². The zero-order valence-electron chi connectivity index (χ0n) is 7.72. The van der Waals surface area contributed by atoms with Crippen molar-refractivity contribution in [3.05, 3.63) is 0 Å². The molecule has 0 N–H and O–H groups in total. The van der Waals surface area contributed by atoms with Crippen molar-refractivity contribution in [3.63, 3.8) is 0 Å². The molecule has 0 aliphatic rings. The van der Waals surface area contributed by atoms with Crippen LogP contribution >= 0.6 is 0 Å². The van der Waals surface area contributed by atoms with E-state index in [-0.39, 0.29) is 0 Å². The topological polar surface area (TPSA) is 0 Å². The third-order valence-electron chi connectivity index (χ3n) is 0.894. The van der Waals surface area contributed by atoms with Gasteiger partial charge in [0.15, 0.2) is 0 Å². The van der Waals surface area contributed by atoms with Gasteiger partial charge < -0.3 is 0 Å². The minimum absolute atomic E-state index is 0.356. The Morgan fingerprint density at radius 3 is 0.800 bits per heavy atom. The van der Waals surface area contributed by atoms with Gasteiger partial charge in [0, 0.05) is 0 Å². The Kier molecular flexibility index (Phi) is 24.0. The molecule has 0 heterocycles. The van der Waals surface area contributed by atoms with Crippen LogP contribution in [0.3, 0.4) is 0 Å². The van der Waals surface area contributed by atoms with E-state index < -0.39 is 0 Å². The second-order valence-electron chi connectivity index (χ2n) is 1.71. The molecular weight excluding hydrogens is 340 g/mol. The fraction of sp³-hybridized carbons (Fsp3) is 1.00. The Bertz CT molecular complexity index is 28.2. The molecular formula is C8H20Sb2. The van der Waals surface area contributed by atoms with Crippen LogP contribution in [0.2, 0.25) is 17.5 Å². The fourth-order valence-electron chi connectivity index (χ4n) is 0.447. The second-order valence-corrected chi connectivity index (χ2v) is 11.5. The Morgan fingerprint density at radius 1 is 0.600 bits per heavy atom. The van der Waals surface area contributed by atoms with Crippen LogP contribution in [0.15, 0.2) is 0 Å². The van der Waals surface area contributed by atoms with Crippen LogP contribution in [-0.2, 0) is 0 Å². The van der Waals surface area contributed by atoms with Crippen molar-refractivity contribution in [1.82, 2.24) is 0 Å². The molecule has 0 saturated carbocycles. The van der Waals surface area contributed by atoms with E-state index >= 15 is 0 Å². The standard InChI is InChI=1S/4C2H5.2Sb/c4*1-2;;/h4*1H2,2H3;;. The summed E-state index contributed by atoms with van der Waals surface area (Å²) in [5.74, 6) is 0. The molecule has 62 valence electrons. The Labute approximate surface area is 87.6 Å². The van der Waals surface area contributed by atoms with E-state index in [1.165, 1.54) is 17.5 Å². The van der Waals surface area contributed by atoms with Gasteiger partial charge in [-0.1, -0.05) is 0 Å². The second kappa shape index (κ2) is 16.9. The monoisotopic (exact) mass is 358 g/mol. The fourth-order valence-corrected chi connectivity index (χ4v) is 3.00. The van der Waals surface area contributed by atoms with Crippen LogP contribution in [-0.4, -0.2) is 43.2 Å². The molecule has 0 aromatic heterocycles. The summed E-state index contributed by atoms with van der Waals surface area (Å²) in [4.78, 5) is 0. The molecule has 2 radical (unpaired) electrons. The van der Waals surface area contributed by atoms with Gasteiger partial charge in [-0.15, -0.1) is 0 Å². The van der Waals surface area contributed by atoms with E-state index in [1.807, 2.05) is 0 Å². The number of rotatable bonds is 4. The first-order valence-corrected chi connectivity index (χ1v) is 11.3. The molecule has 0 amide bonds. The maximum absolute atomic E-state index is 2.28. The van der Waals surface area contributed by atoms with Gasteiger partial charge >= 0.3 is 88.4 Å². The average Bonchev–Trinajstić information content (AvgIpc) is 1.93. The van der Waals surface area contributed by atoms with Gasteiger partial charge in [-0.3, -0.25) is 0 Å². The van der Waals surface area contributed by atoms with Crippen LogP contribution in [0, 0.1) is 0 Å². The summed E-state index contributed by atoms with van der Waals surface area (Å²) >= 11 is 0.711. The van der Waals surface area contributed by atoms with Gasteiger partial charge in [0.2, 0.25) is 0 Å². The zero-order chi connectivity index (χ0) is 8.24. The molecule has 0 atom stereocenters. The van der Waals surface area contributed by atoms with Crippen molar-refractivity contribution in [2.45, 2.75) is 45.2 Å². The van der Waals surface area contributed by atoms with E-state index in [0.717, 1.165) is 0 Å². The summed E-state index contributed by atoms with van der Waals surface area (Å²) in [6.45, 7) is 9.11. The molecule has 2 heteroatoms. The van der Waals surface area contributed by atoms with Crippen molar-refractivity contribution in [2.75, 3.05) is 0 Å². The summed E-state index contributed by atoms with van der Waals surface area (Å²) < 4.78 is 5.98. The van der Waals surface area contributed by atoms with Crippen molar-refractivity contribution in [1.29, 1.82) is 0 Å². The van der Waals surface area contributed by atoms with E-state index in [1.54, 1.807) is 0 Å². The number of hydrogen-bond acceptors (Lipinski definition) is 0. The molecule has 0 rings (SSSR count). The molecule has 0 unspecified atom stereocenters. The van der Waals surface area contributed by atoms with Crippen LogP contribution in [0.5, 0.6) is 0 Å². The van der Waals surface area contributed by atoms with Gasteiger partial charge in [-0.05, 0) is 0 Å². The first-order valence-electron chi connectivity index (χ1n) is 4.09. The van der Waals surface area contributed by atoms with E-state index in [2.05, 4.69) is 27.7 Å². The first-order chi connectivity index (χ1) is 4.83. The molecule has 0 aliphatic carbocycles. The third-order valence-corrected chi connectivity index (χ3v) is 6.00. The van der Waals surface area contributed by atoms with E-state index in [4.69, 9.17) is 0 Å². The van der Waals surface area contributed by atoms with Crippen LogP contribution in [0.4, 0.5) is 0 Å². The molecule has 0 fully saturated rings. The van der Waals surface area contributed by atoms with Gasteiger partial charge in [0.05, 0.1) is 0 Å². The molecule has 0 spiro atoms. The van der Waals surface area contributed by atoms with E-state index in [0.29, 0.717) is 43.2 Å². The molecule has 10 heavy (non-hydrogen) atoms. The predicted octanol–water partition coefficient (Wildman–Crippen LogP) is 3.13. The summed E-state index contributed by atoms with van der Waals surface area (Å²) in [7, 11) is 0. The Morgan fingerprint density at radius 2 is 0.800 bits per heavy atom.